The van der Waals surface area contributed by atoms with Crippen LogP contribution in [-0.2, 0) is 6.18 Å². The van der Waals surface area contributed by atoms with Crippen LogP contribution in [0.25, 0.3) is 0 Å². The molecule has 142 valence electrons. The van der Waals surface area contributed by atoms with Crippen molar-refractivity contribution in [1.29, 1.82) is 0 Å². The minimum Gasteiger partial charge on any atom is -0.365 e. The second-order valence-corrected chi connectivity index (χ2v) is 6.88. The summed E-state index contributed by atoms with van der Waals surface area (Å²) in [6.07, 6.45) is -1.05. The van der Waals surface area contributed by atoms with Crippen molar-refractivity contribution in [3.05, 3.63) is 58.0 Å². The summed E-state index contributed by atoms with van der Waals surface area (Å²) in [6, 6.07) is 8.05. The van der Waals surface area contributed by atoms with Gasteiger partial charge in [-0.15, -0.1) is 0 Å². The summed E-state index contributed by atoms with van der Waals surface area (Å²) in [6.45, 7) is 1.24. The number of aromatic nitrogens is 1. The number of anilines is 2. The van der Waals surface area contributed by atoms with Gasteiger partial charge in [0.25, 0.3) is 11.5 Å². The van der Waals surface area contributed by atoms with Crippen molar-refractivity contribution in [2.45, 2.75) is 31.5 Å². The molecule has 1 unspecified atom stereocenters. The highest BCUT2D eigenvalue weighted by atomic mass is 19.4. The topological polar surface area (TPSA) is 56.4 Å². The second kappa shape index (κ2) is 6.44. The molecular weight excluding hydrogens is 359 g/mol. The molecule has 1 saturated heterocycles. The molecule has 4 rings (SSSR count). The number of nitrogens with one attached hydrogen (secondary N) is 1. The smallest absolute Gasteiger partial charge is 0.365 e. The van der Waals surface area contributed by atoms with Crippen LogP contribution in [0.15, 0.2) is 41.3 Å². The Morgan fingerprint density at radius 1 is 1.15 bits per heavy atom. The first-order chi connectivity index (χ1) is 12.9. The molecule has 0 bridgehead atoms. The SMILES string of the molecule is O=C(c1cc(C(F)(F)F)c[nH]c1=O)N1CC2CCCCN2c2ccccc21. The zero-order chi connectivity index (χ0) is 19.2. The van der Waals surface area contributed by atoms with Crippen LogP contribution in [0.3, 0.4) is 0 Å². The Kier molecular flexibility index (Phi) is 4.20. The number of benzene rings is 1. The number of hydrogen-bond acceptors (Lipinski definition) is 3. The lowest BCUT2D eigenvalue weighted by Crippen LogP contribution is -2.53. The van der Waals surface area contributed by atoms with E-state index in [0.29, 0.717) is 24.5 Å². The Labute approximate surface area is 153 Å². The predicted molar refractivity (Wildman–Crippen MR) is 95.2 cm³/mol. The van der Waals surface area contributed by atoms with Gasteiger partial charge in [-0.05, 0) is 37.5 Å². The fourth-order valence-corrected chi connectivity index (χ4v) is 3.90. The van der Waals surface area contributed by atoms with Gasteiger partial charge in [-0.3, -0.25) is 9.59 Å². The molecule has 27 heavy (non-hydrogen) atoms. The number of carbonyl (C=O) groups is 1. The summed E-state index contributed by atoms with van der Waals surface area (Å²) < 4.78 is 39.0. The summed E-state index contributed by atoms with van der Waals surface area (Å²) in [5.41, 5.74) is -0.863. The molecule has 1 amide bonds. The van der Waals surface area contributed by atoms with E-state index in [0.717, 1.165) is 31.5 Å². The number of pyridine rings is 1. The Bertz CT molecular complexity index is 938. The first kappa shape index (κ1) is 17.6. The average Bonchev–Trinajstić information content (AvgIpc) is 2.66. The fraction of sp³-hybridized carbons (Fsp3) is 0.368. The van der Waals surface area contributed by atoms with Crippen molar-refractivity contribution in [2.24, 2.45) is 0 Å². The molecule has 0 radical (unpaired) electrons. The fourth-order valence-electron chi connectivity index (χ4n) is 3.90. The van der Waals surface area contributed by atoms with Gasteiger partial charge < -0.3 is 14.8 Å². The minimum atomic E-state index is -4.64. The third-order valence-corrected chi connectivity index (χ3v) is 5.21. The summed E-state index contributed by atoms with van der Waals surface area (Å²) in [5.74, 6) is -0.708. The monoisotopic (exact) mass is 377 g/mol. The van der Waals surface area contributed by atoms with Gasteiger partial charge >= 0.3 is 6.18 Å². The summed E-state index contributed by atoms with van der Waals surface area (Å²) in [7, 11) is 0. The summed E-state index contributed by atoms with van der Waals surface area (Å²) >= 11 is 0. The quantitative estimate of drug-likeness (QED) is 0.829. The highest BCUT2D eigenvalue weighted by Crippen LogP contribution is 2.39. The number of rotatable bonds is 1. The maximum atomic E-state index is 13.1. The molecule has 3 heterocycles. The van der Waals surface area contributed by atoms with Gasteiger partial charge in [-0.2, -0.15) is 13.2 Å². The number of nitrogens with zero attached hydrogens (tertiary/aromatic N) is 2. The summed E-state index contributed by atoms with van der Waals surface area (Å²) in [4.78, 5) is 30.9. The number of hydrogen-bond donors (Lipinski definition) is 1. The van der Waals surface area contributed by atoms with Crippen molar-refractivity contribution in [2.75, 3.05) is 22.9 Å². The lowest BCUT2D eigenvalue weighted by atomic mass is 9.96. The number of carbonyl (C=O) groups excluding carboxylic acids is 1. The van der Waals surface area contributed by atoms with Crippen molar-refractivity contribution in [1.82, 2.24) is 4.98 Å². The predicted octanol–water partition coefficient (Wildman–Crippen LogP) is 3.41. The van der Waals surface area contributed by atoms with Gasteiger partial charge in [0.15, 0.2) is 0 Å². The minimum absolute atomic E-state index is 0.0995. The van der Waals surface area contributed by atoms with Gasteiger partial charge in [0.2, 0.25) is 0 Å². The Balaban J connectivity index is 1.77. The van der Waals surface area contributed by atoms with E-state index in [2.05, 4.69) is 4.90 Å². The number of fused-ring (bicyclic) bond motifs is 3. The Morgan fingerprint density at radius 2 is 1.89 bits per heavy atom. The molecule has 2 aliphatic rings. The molecule has 2 aliphatic heterocycles. The normalized spacial score (nSPS) is 19.4. The molecule has 0 saturated carbocycles. The average molecular weight is 377 g/mol. The van der Waals surface area contributed by atoms with E-state index < -0.39 is 28.8 Å². The largest absolute Gasteiger partial charge is 0.417 e. The van der Waals surface area contributed by atoms with E-state index in [1.54, 1.807) is 12.1 Å². The number of piperidine rings is 1. The molecule has 8 heteroatoms. The molecule has 0 spiro atoms. The Hall–Kier alpha value is -2.77. The van der Waals surface area contributed by atoms with Gasteiger partial charge in [-0.25, -0.2) is 0 Å². The molecule has 0 aliphatic carbocycles. The van der Waals surface area contributed by atoms with Crippen LogP contribution in [0.2, 0.25) is 0 Å². The van der Waals surface area contributed by atoms with E-state index in [4.69, 9.17) is 0 Å². The van der Waals surface area contributed by atoms with Gasteiger partial charge in [0.1, 0.15) is 5.56 Å². The lowest BCUT2D eigenvalue weighted by Gasteiger charge is -2.46. The number of amides is 1. The highest BCUT2D eigenvalue weighted by molar-refractivity contribution is 6.08. The van der Waals surface area contributed by atoms with Gasteiger partial charge in [-0.1, -0.05) is 12.1 Å². The molecule has 2 aromatic rings. The third-order valence-electron chi connectivity index (χ3n) is 5.21. The molecule has 5 nitrogen and oxygen atoms in total. The van der Waals surface area contributed by atoms with Crippen LogP contribution in [0, 0.1) is 0 Å². The first-order valence-corrected chi connectivity index (χ1v) is 8.84. The highest BCUT2D eigenvalue weighted by Gasteiger charge is 2.37. The van der Waals surface area contributed by atoms with E-state index in [1.807, 2.05) is 17.1 Å². The maximum absolute atomic E-state index is 13.1. The maximum Gasteiger partial charge on any atom is 0.417 e. The number of halogens is 3. The first-order valence-electron chi connectivity index (χ1n) is 8.84. The molecule has 1 atom stereocenters. The standard InChI is InChI=1S/C19H18F3N3O2/c20-19(21,22)12-9-14(17(26)23-10-12)18(27)25-11-13-5-3-4-8-24(13)15-6-1-2-7-16(15)25/h1-2,6-7,9-10,13H,3-5,8,11H2,(H,23,26). The molecule has 1 aromatic heterocycles. The van der Waals surface area contributed by atoms with E-state index in [1.165, 1.54) is 4.90 Å². The van der Waals surface area contributed by atoms with Crippen LogP contribution in [0.4, 0.5) is 24.5 Å². The zero-order valence-electron chi connectivity index (χ0n) is 14.4. The van der Waals surface area contributed by atoms with Crippen molar-refractivity contribution in [3.8, 4) is 0 Å². The molecule has 1 aromatic carbocycles. The van der Waals surface area contributed by atoms with E-state index >= 15 is 0 Å². The number of H-pyrrole nitrogens is 1. The number of para-hydroxylation sites is 2. The number of alkyl halides is 3. The lowest BCUT2D eigenvalue weighted by molar-refractivity contribution is -0.137. The van der Waals surface area contributed by atoms with Crippen molar-refractivity contribution in [3.63, 3.8) is 0 Å². The number of aromatic amines is 1. The van der Waals surface area contributed by atoms with Crippen molar-refractivity contribution >= 4 is 17.3 Å². The van der Waals surface area contributed by atoms with Crippen LogP contribution in [-0.4, -0.2) is 30.0 Å². The van der Waals surface area contributed by atoms with Crippen LogP contribution < -0.4 is 15.4 Å². The zero-order valence-corrected chi connectivity index (χ0v) is 14.4. The third kappa shape index (κ3) is 3.09. The Morgan fingerprint density at radius 3 is 2.63 bits per heavy atom. The van der Waals surface area contributed by atoms with Crippen LogP contribution in [0.5, 0.6) is 0 Å². The molecule has 1 fully saturated rings. The van der Waals surface area contributed by atoms with E-state index in [-0.39, 0.29) is 6.04 Å². The summed E-state index contributed by atoms with van der Waals surface area (Å²) in [5, 5.41) is 0. The van der Waals surface area contributed by atoms with Gasteiger partial charge in [0.05, 0.1) is 16.9 Å². The van der Waals surface area contributed by atoms with Crippen LogP contribution in [0.1, 0.15) is 35.2 Å². The van der Waals surface area contributed by atoms with Crippen LogP contribution >= 0.6 is 0 Å². The second-order valence-electron chi connectivity index (χ2n) is 6.88. The van der Waals surface area contributed by atoms with E-state index in [9.17, 15) is 22.8 Å². The van der Waals surface area contributed by atoms with Gasteiger partial charge in [0, 0.05) is 25.3 Å². The molecular formula is C19H18F3N3O2. The molecule has 1 N–H and O–H groups in total. The van der Waals surface area contributed by atoms with Crippen molar-refractivity contribution < 1.29 is 18.0 Å².